The first-order valence-corrected chi connectivity index (χ1v) is 11.6. The molecule has 2 heterocycles. The lowest BCUT2D eigenvalue weighted by Crippen LogP contribution is -2.60. The number of aromatic nitrogens is 1. The molecule has 1 aromatic heterocycles. The molecule has 31 heavy (non-hydrogen) atoms. The van der Waals surface area contributed by atoms with Crippen molar-refractivity contribution in [2.45, 2.75) is 57.0 Å². The minimum absolute atomic E-state index is 0. The summed E-state index contributed by atoms with van der Waals surface area (Å²) >= 11 is 0. The van der Waals surface area contributed by atoms with E-state index in [2.05, 4.69) is 31.6 Å². The molecule has 2 aliphatic carbocycles. The Hall–Kier alpha value is -1.13. The van der Waals surface area contributed by atoms with Crippen molar-refractivity contribution in [1.29, 1.82) is 0 Å². The van der Waals surface area contributed by atoms with Gasteiger partial charge in [0.1, 0.15) is 0 Å². The van der Waals surface area contributed by atoms with E-state index in [-0.39, 0.29) is 29.5 Å². The van der Waals surface area contributed by atoms with Gasteiger partial charge in [-0.1, -0.05) is 25.3 Å². The number of aliphatic imine (C=N–C) groups is 1. The van der Waals surface area contributed by atoms with Crippen LogP contribution < -0.4 is 15.4 Å². The predicted octanol–water partition coefficient (Wildman–Crippen LogP) is 3.19. The Bertz CT molecular complexity index is 684. The van der Waals surface area contributed by atoms with Gasteiger partial charge in [-0.15, -0.1) is 24.0 Å². The van der Waals surface area contributed by atoms with Crippen LogP contribution in [0.25, 0.3) is 0 Å². The fourth-order valence-corrected chi connectivity index (χ4v) is 4.60. The van der Waals surface area contributed by atoms with Crippen LogP contribution in [0.4, 0.5) is 0 Å². The van der Waals surface area contributed by atoms with Crippen LogP contribution in [0.3, 0.4) is 0 Å². The van der Waals surface area contributed by atoms with Crippen molar-refractivity contribution in [3.8, 4) is 5.88 Å². The van der Waals surface area contributed by atoms with Crippen LogP contribution in [0.1, 0.15) is 50.5 Å². The molecule has 3 fully saturated rings. The lowest BCUT2D eigenvalue weighted by Gasteiger charge is -2.48. The van der Waals surface area contributed by atoms with E-state index in [4.69, 9.17) is 9.47 Å². The van der Waals surface area contributed by atoms with Crippen LogP contribution in [-0.4, -0.2) is 67.9 Å². The van der Waals surface area contributed by atoms with Gasteiger partial charge in [0, 0.05) is 51.0 Å². The number of guanidine groups is 1. The zero-order valence-corrected chi connectivity index (χ0v) is 21.1. The number of nitrogens with one attached hydrogen (secondary N) is 2. The van der Waals surface area contributed by atoms with Crippen molar-refractivity contribution >= 4 is 29.9 Å². The maximum absolute atomic E-state index is 5.72. The van der Waals surface area contributed by atoms with Crippen LogP contribution in [0.15, 0.2) is 23.3 Å². The second kappa shape index (κ2) is 12.2. The van der Waals surface area contributed by atoms with Crippen molar-refractivity contribution in [3.63, 3.8) is 0 Å². The molecule has 8 heteroatoms. The Kier molecular flexibility index (Phi) is 9.65. The molecule has 1 aromatic rings. The topological polar surface area (TPSA) is 71.0 Å². The smallest absolute Gasteiger partial charge is 0.213 e. The molecule has 0 atom stereocenters. The monoisotopic (exact) mass is 543 g/mol. The molecule has 7 nitrogen and oxygen atoms in total. The molecular weight excluding hydrogens is 505 g/mol. The van der Waals surface area contributed by atoms with Gasteiger partial charge in [-0.05, 0) is 37.2 Å². The first kappa shape index (κ1) is 24.5. The van der Waals surface area contributed by atoms with Crippen molar-refractivity contribution < 1.29 is 9.47 Å². The lowest BCUT2D eigenvalue weighted by molar-refractivity contribution is -0.0352. The third-order valence-corrected chi connectivity index (χ3v) is 6.70. The third kappa shape index (κ3) is 7.18. The number of ether oxygens (including phenoxy) is 2. The molecule has 0 radical (unpaired) electrons. The van der Waals surface area contributed by atoms with E-state index in [0.717, 1.165) is 62.8 Å². The molecule has 2 N–H and O–H groups in total. The Morgan fingerprint density at radius 3 is 2.61 bits per heavy atom. The summed E-state index contributed by atoms with van der Waals surface area (Å²) in [5.41, 5.74) is 1.35. The summed E-state index contributed by atoms with van der Waals surface area (Å²) in [5, 5.41) is 7.05. The van der Waals surface area contributed by atoms with E-state index >= 15 is 0 Å². The zero-order chi connectivity index (χ0) is 20.7. The number of hydrogen-bond donors (Lipinski definition) is 2. The lowest BCUT2D eigenvalue weighted by atomic mass is 9.80. The number of rotatable bonds is 8. The number of pyridine rings is 1. The standard InChI is InChI=1S/C23H37N5O2.HI/c1-24-22(26-16-20-7-8-21(25-15-20)30-17-19-5-6-19)27-18-23(9-3-2-4-10-23)28-11-13-29-14-12-28;/h7-8,15,19H,2-6,9-14,16-18H2,1H3,(H2,24,26,27);1H. The zero-order valence-electron chi connectivity index (χ0n) is 18.8. The van der Waals surface area contributed by atoms with Crippen LogP contribution in [0.2, 0.25) is 0 Å². The largest absolute Gasteiger partial charge is 0.477 e. The van der Waals surface area contributed by atoms with Gasteiger partial charge >= 0.3 is 0 Å². The van der Waals surface area contributed by atoms with E-state index < -0.39 is 0 Å². The highest BCUT2D eigenvalue weighted by Gasteiger charge is 2.38. The molecule has 1 saturated heterocycles. The van der Waals surface area contributed by atoms with Crippen LogP contribution in [0, 0.1) is 5.92 Å². The molecule has 3 aliphatic rings. The first-order chi connectivity index (χ1) is 14.8. The fourth-order valence-electron chi connectivity index (χ4n) is 4.60. The maximum Gasteiger partial charge on any atom is 0.213 e. The van der Waals surface area contributed by atoms with E-state index in [1.54, 1.807) is 0 Å². The molecule has 0 unspecified atom stereocenters. The van der Waals surface area contributed by atoms with Gasteiger partial charge in [0.2, 0.25) is 5.88 Å². The van der Waals surface area contributed by atoms with E-state index in [9.17, 15) is 0 Å². The van der Waals surface area contributed by atoms with Crippen molar-refractivity contribution in [3.05, 3.63) is 23.9 Å². The van der Waals surface area contributed by atoms with Gasteiger partial charge < -0.3 is 20.1 Å². The average molecular weight is 543 g/mol. The summed E-state index contributed by atoms with van der Waals surface area (Å²) in [6.45, 7) is 6.19. The van der Waals surface area contributed by atoms with Gasteiger partial charge in [0.15, 0.2) is 5.96 Å². The minimum Gasteiger partial charge on any atom is -0.477 e. The van der Waals surface area contributed by atoms with Crippen LogP contribution in [0.5, 0.6) is 5.88 Å². The fraction of sp³-hybridized carbons (Fsp3) is 0.739. The van der Waals surface area contributed by atoms with Crippen molar-refractivity contribution in [1.82, 2.24) is 20.5 Å². The normalized spacial score (nSPS) is 21.8. The molecular formula is C23H38IN5O2. The molecule has 0 spiro atoms. The molecule has 1 aliphatic heterocycles. The Morgan fingerprint density at radius 1 is 1.19 bits per heavy atom. The Labute approximate surface area is 203 Å². The van der Waals surface area contributed by atoms with Crippen LogP contribution >= 0.6 is 24.0 Å². The first-order valence-electron chi connectivity index (χ1n) is 11.6. The molecule has 0 aromatic carbocycles. The van der Waals surface area contributed by atoms with Crippen LogP contribution in [-0.2, 0) is 11.3 Å². The molecule has 0 amide bonds. The summed E-state index contributed by atoms with van der Waals surface area (Å²) in [5.74, 6) is 2.31. The second-order valence-corrected chi connectivity index (χ2v) is 8.92. The molecule has 0 bridgehead atoms. The van der Waals surface area contributed by atoms with Crippen molar-refractivity contribution in [2.75, 3.05) is 46.5 Å². The summed E-state index contributed by atoms with van der Waals surface area (Å²) < 4.78 is 11.3. The highest BCUT2D eigenvalue weighted by molar-refractivity contribution is 14.0. The third-order valence-electron chi connectivity index (χ3n) is 6.70. The minimum atomic E-state index is 0. The number of morpholine rings is 1. The summed E-state index contributed by atoms with van der Waals surface area (Å²) in [6, 6.07) is 4.04. The van der Waals surface area contributed by atoms with E-state index in [1.165, 1.54) is 44.9 Å². The highest BCUT2D eigenvalue weighted by atomic mass is 127. The van der Waals surface area contributed by atoms with Gasteiger partial charge in [0.25, 0.3) is 0 Å². The van der Waals surface area contributed by atoms with Gasteiger partial charge in [-0.2, -0.15) is 0 Å². The van der Waals surface area contributed by atoms with Gasteiger partial charge in [-0.3, -0.25) is 9.89 Å². The average Bonchev–Trinajstić information content (AvgIpc) is 3.64. The van der Waals surface area contributed by atoms with E-state index in [1.807, 2.05) is 19.3 Å². The predicted molar refractivity (Wildman–Crippen MR) is 134 cm³/mol. The summed E-state index contributed by atoms with van der Waals surface area (Å²) in [4.78, 5) is 11.5. The quantitative estimate of drug-likeness (QED) is 0.298. The Morgan fingerprint density at radius 2 is 1.97 bits per heavy atom. The second-order valence-electron chi connectivity index (χ2n) is 8.92. The SMILES string of the molecule is CN=C(NCc1ccc(OCC2CC2)nc1)NCC1(N2CCOCC2)CCCCC1.I. The number of halogens is 1. The number of hydrogen-bond acceptors (Lipinski definition) is 5. The van der Waals surface area contributed by atoms with Gasteiger partial charge in [-0.25, -0.2) is 4.98 Å². The highest BCUT2D eigenvalue weighted by Crippen LogP contribution is 2.34. The molecule has 2 saturated carbocycles. The van der Waals surface area contributed by atoms with E-state index in [0.29, 0.717) is 6.54 Å². The number of nitrogens with zero attached hydrogens (tertiary/aromatic N) is 3. The van der Waals surface area contributed by atoms with Crippen molar-refractivity contribution in [2.24, 2.45) is 10.9 Å². The Balaban J connectivity index is 0.00000272. The molecule has 174 valence electrons. The summed E-state index contributed by atoms with van der Waals surface area (Å²) in [6.07, 6.45) is 11.0. The summed E-state index contributed by atoms with van der Waals surface area (Å²) in [7, 11) is 1.84. The maximum atomic E-state index is 5.72. The molecule has 4 rings (SSSR count). The van der Waals surface area contributed by atoms with Gasteiger partial charge in [0.05, 0.1) is 19.8 Å².